The number of benzene rings is 1. The monoisotopic (exact) mass is 383 g/mol. The molecule has 0 amide bonds. The molecule has 2 fully saturated rings. The van der Waals surface area contributed by atoms with Gasteiger partial charge in [-0.3, -0.25) is 0 Å². The van der Waals surface area contributed by atoms with Crippen molar-refractivity contribution in [1.29, 1.82) is 0 Å². The second kappa shape index (κ2) is 7.75. The van der Waals surface area contributed by atoms with Gasteiger partial charge in [0.15, 0.2) is 0 Å². The lowest BCUT2D eigenvalue weighted by atomic mass is 9.96. The summed E-state index contributed by atoms with van der Waals surface area (Å²) in [5.74, 6) is -0.134. The molecule has 2 aromatic rings. The number of nitrogens with zero attached hydrogens (tertiary/aromatic N) is 2. The van der Waals surface area contributed by atoms with Crippen molar-refractivity contribution in [2.24, 2.45) is 0 Å². The van der Waals surface area contributed by atoms with E-state index in [-0.39, 0.29) is 17.2 Å². The lowest BCUT2D eigenvalue weighted by molar-refractivity contribution is 0.0103. The Hall–Kier alpha value is -2.67. The van der Waals surface area contributed by atoms with Crippen LogP contribution in [0.1, 0.15) is 49.4 Å². The van der Waals surface area contributed by atoms with Gasteiger partial charge in [0, 0.05) is 11.8 Å². The predicted molar refractivity (Wildman–Crippen MR) is 105 cm³/mol. The first-order valence-corrected chi connectivity index (χ1v) is 9.83. The predicted octanol–water partition coefficient (Wildman–Crippen LogP) is 3.75. The lowest BCUT2D eigenvalue weighted by Gasteiger charge is -2.21. The molecule has 1 aromatic carbocycles. The maximum Gasteiger partial charge on any atom is 0.339 e. The quantitative estimate of drug-likeness (QED) is 0.784. The number of nitrogens with one attached hydrogen (secondary N) is 1. The molecule has 7 nitrogen and oxygen atoms in total. The zero-order valence-electron chi connectivity index (χ0n) is 16.0. The maximum absolute atomic E-state index is 11.6. The Morgan fingerprint density at radius 3 is 2.93 bits per heavy atom. The average Bonchev–Trinajstić information content (AvgIpc) is 3.32. The molecule has 7 heteroatoms. The number of rotatable bonds is 6. The van der Waals surface area contributed by atoms with Gasteiger partial charge in [-0.1, -0.05) is 12.8 Å². The fourth-order valence-corrected chi connectivity index (χ4v) is 4.21. The summed E-state index contributed by atoms with van der Waals surface area (Å²) < 4.78 is 11.5. The topological polar surface area (TPSA) is 93.6 Å². The molecule has 2 heterocycles. The van der Waals surface area contributed by atoms with E-state index in [4.69, 9.17) is 9.47 Å². The molecule has 28 heavy (non-hydrogen) atoms. The van der Waals surface area contributed by atoms with Crippen molar-refractivity contribution in [3.8, 4) is 17.0 Å². The van der Waals surface area contributed by atoms with Gasteiger partial charge in [0.2, 0.25) is 5.95 Å². The van der Waals surface area contributed by atoms with E-state index in [1.54, 1.807) is 24.4 Å². The van der Waals surface area contributed by atoms with Gasteiger partial charge in [0.25, 0.3) is 0 Å². The van der Waals surface area contributed by atoms with Gasteiger partial charge in [-0.15, -0.1) is 0 Å². The fraction of sp³-hybridized carbons (Fsp3) is 0.476. The number of carbonyl (C=O) groups is 1. The minimum absolute atomic E-state index is 0.0424. The summed E-state index contributed by atoms with van der Waals surface area (Å²) in [4.78, 5) is 20.5. The fourth-order valence-electron chi connectivity index (χ4n) is 4.21. The zero-order valence-corrected chi connectivity index (χ0v) is 16.0. The molecule has 0 bridgehead atoms. The highest BCUT2D eigenvalue weighted by atomic mass is 16.5. The van der Waals surface area contributed by atoms with Crippen molar-refractivity contribution in [2.45, 2.75) is 50.7 Å². The summed E-state index contributed by atoms with van der Waals surface area (Å²) in [5.41, 5.74) is 1.54. The van der Waals surface area contributed by atoms with Gasteiger partial charge in [-0.05, 0) is 50.5 Å². The molecule has 1 atom stereocenters. The second-order valence-electron chi connectivity index (χ2n) is 7.46. The molecule has 1 saturated heterocycles. The van der Waals surface area contributed by atoms with Crippen molar-refractivity contribution in [3.05, 3.63) is 36.0 Å². The molecular weight excluding hydrogens is 358 g/mol. The third-order valence-corrected chi connectivity index (χ3v) is 5.52. The lowest BCUT2D eigenvalue weighted by Crippen LogP contribution is -2.26. The van der Waals surface area contributed by atoms with Crippen LogP contribution in [-0.2, 0) is 4.74 Å². The second-order valence-corrected chi connectivity index (χ2v) is 7.46. The molecule has 148 valence electrons. The van der Waals surface area contributed by atoms with E-state index in [1.165, 1.54) is 12.8 Å². The Labute approximate surface area is 164 Å². The van der Waals surface area contributed by atoms with Crippen LogP contribution in [0.3, 0.4) is 0 Å². The molecule has 1 spiro atoms. The van der Waals surface area contributed by atoms with Crippen molar-refractivity contribution < 1.29 is 19.4 Å². The van der Waals surface area contributed by atoms with E-state index < -0.39 is 5.97 Å². The van der Waals surface area contributed by atoms with Crippen molar-refractivity contribution >= 4 is 11.9 Å². The molecule has 4 rings (SSSR count). The van der Waals surface area contributed by atoms with Crippen LogP contribution in [0.25, 0.3) is 11.3 Å². The van der Waals surface area contributed by atoms with Gasteiger partial charge in [-0.2, -0.15) is 0 Å². The zero-order chi connectivity index (χ0) is 19.6. The highest BCUT2D eigenvalue weighted by Gasteiger charge is 2.42. The third-order valence-electron chi connectivity index (χ3n) is 5.52. The number of carboxylic acids is 1. The van der Waals surface area contributed by atoms with E-state index in [0.717, 1.165) is 19.3 Å². The summed E-state index contributed by atoms with van der Waals surface area (Å²) in [6.07, 6.45) is 7.41. The first-order chi connectivity index (χ1) is 13.6. The number of hydrogen-bond donors (Lipinski definition) is 2. The minimum atomic E-state index is -1.03. The molecule has 2 N–H and O–H groups in total. The number of carboxylic acid groups (broad SMARTS) is 1. The molecule has 1 aromatic heterocycles. The van der Waals surface area contributed by atoms with Crippen LogP contribution >= 0.6 is 0 Å². The Kier molecular flexibility index (Phi) is 5.17. The molecule has 1 saturated carbocycles. The van der Waals surface area contributed by atoms with E-state index >= 15 is 0 Å². The standard InChI is InChI=1S/C21H25N3O4/c1-2-27-18-6-5-14(11-16(18)19(25)26)17-7-10-22-20(24-17)23-15-12-21(28-13-15)8-3-4-9-21/h5-7,10-11,15H,2-4,8-9,12-13H2,1H3,(H,25,26)(H,22,23,24)/t15-/m0/s1. The van der Waals surface area contributed by atoms with E-state index in [0.29, 0.717) is 36.2 Å². The molecular formula is C21H25N3O4. The maximum atomic E-state index is 11.6. The Bertz CT molecular complexity index is 864. The van der Waals surface area contributed by atoms with Crippen molar-refractivity contribution in [3.63, 3.8) is 0 Å². The summed E-state index contributed by atoms with van der Waals surface area (Å²) in [6, 6.07) is 7.05. The van der Waals surface area contributed by atoms with Crippen LogP contribution in [0.15, 0.2) is 30.5 Å². The van der Waals surface area contributed by atoms with Crippen LogP contribution in [0.5, 0.6) is 5.75 Å². The summed E-state index contributed by atoms with van der Waals surface area (Å²) in [6.45, 7) is 2.90. The van der Waals surface area contributed by atoms with E-state index in [2.05, 4.69) is 15.3 Å². The smallest absolute Gasteiger partial charge is 0.339 e. The first kappa shape index (κ1) is 18.7. The summed E-state index contributed by atoms with van der Waals surface area (Å²) >= 11 is 0. The van der Waals surface area contributed by atoms with Crippen LogP contribution in [-0.4, -0.2) is 45.9 Å². The Balaban J connectivity index is 1.52. The van der Waals surface area contributed by atoms with Crippen LogP contribution in [0.4, 0.5) is 5.95 Å². The van der Waals surface area contributed by atoms with Crippen molar-refractivity contribution in [2.75, 3.05) is 18.5 Å². The summed E-state index contributed by atoms with van der Waals surface area (Å²) in [7, 11) is 0. The van der Waals surface area contributed by atoms with Gasteiger partial charge < -0.3 is 19.9 Å². The summed E-state index contributed by atoms with van der Waals surface area (Å²) in [5, 5.41) is 12.9. The molecule has 1 aliphatic heterocycles. The van der Waals surface area contributed by atoms with Crippen molar-refractivity contribution in [1.82, 2.24) is 9.97 Å². The van der Waals surface area contributed by atoms with Crippen LogP contribution < -0.4 is 10.1 Å². The van der Waals surface area contributed by atoms with Crippen LogP contribution in [0, 0.1) is 0 Å². The number of hydrogen-bond acceptors (Lipinski definition) is 6. The number of ether oxygens (including phenoxy) is 2. The molecule has 0 radical (unpaired) electrons. The first-order valence-electron chi connectivity index (χ1n) is 9.83. The molecule has 0 unspecified atom stereocenters. The number of anilines is 1. The number of aromatic nitrogens is 2. The molecule has 2 aliphatic rings. The van der Waals surface area contributed by atoms with Gasteiger partial charge in [-0.25, -0.2) is 14.8 Å². The molecule has 1 aliphatic carbocycles. The highest BCUT2D eigenvalue weighted by molar-refractivity contribution is 5.92. The van der Waals surface area contributed by atoms with E-state index in [1.807, 2.05) is 13.0 Å². The van der Waals surface area contributed by atoms with Crippen LogP contribution in [0.2, 0.25) is 0 Å². The van der Waals surface area contributed by atoms with Gasteiger partial charge in [0.1, 0.15) is 11.3 Å². The normalized spacial score (nSPS) is 20.4. The minimum Gasteiger partial charge on any atom is -0.493 e. The van der Waals surface area contributed by atoms with E-state index in [9.17, 15) is 9.90 Å². The van der Waals surface area contributed by atoms with Gasteiger partial charge in [0.05, 0.1) is 30.6 Å². The van der Waals surface area contributed by atoms with Gasteiger partial charge >= 0.3 is 5.97 Å². The number of aromatic carboxylic acids is 1. The highest BCUT2D eigenvalue weighted by Crippen LogP contribution is 2.41. The largest absolute Gasteiger partial charge is 0.493 e. The third kappa shape index (κ3) is 3.80. The SMILES string of the molecule is CCOc1ccc(-c2ccnc(N[C@@H]3COC4(CCCC4)C3)n2)cc1C(=O)O. The Morgan fingerprint density at radius 2 is 2.18 bits per heavy atom. The Morgan fingerprint density at radius 1 is 1.36 bits per heavy atom. The average molecular weight is 383 g/mol.